The number of aliphatic hydroxyl groups is 2. The lowest BCUT2D eigenvalue weighted by molar-refractivity contribution is -0.143. The van der Waals surface area contributed by atoms with Crippen molar-refractivity contribution in [3.05, 3.63) is 12.2 Å². The first-order valence-corrected chi connectivity index (χ1v) is 26.9. The van der Waals surface area contributed by atoms with Crippen molar-refractivity contribution in [1.82, 2.24) is 5.32 Å². The molecule has 6 heteroatoms. The molecule has 0 bridgehead atoms. The van der Waals surface area contributed by atoms with Gasteiger partial charge in [-0.05, 0) is 51.4 Å². The van der Waals surface area contributed by atoms with E-state index in [1.165, 1.54) is 193 Å². The number of carbonyl (C=O) groups excluding carboxylic acids is 2. The minimum Gasteiger partial charge on any atom is -0.466 e. The van der Waals surface area contributed by atoms with Crippen LogP contribution in [0.4, 0.5) is 0 Å². The van der Waals surface area contributed by atoms with Crippen molar-refractivity contribution >= 4 is 11.9 Å². The van der Waals surface area contributed by atoms with Crippen molar-refractivity contribution in [3.8, 4) is 0 Å². The van der Waals surface area contributed by atoms with Gasteiger partial charge >= 0.3 is 5.97 Å². The Bertz CT molecular complexity index is 893. The van der Waals surface area contributed by atoms with Crippen LogP contribution in [0.3, 0.4) is 0 Å². The average Bonchev–Trinajstić information content (AvgIpc) is 3.25. The van der Waals surface area contributed by atoms with E-state index >= 15 is 0 Å². The van der Waals surface area contributed by atoms with Gasteiger partial charge in [0.2, 0.25) is 5.91 Å². The SMILES string of the molecule is CCCCCCCCCCCCCCCCCCCC(=O)OCCCCCC/C=C\CCCCCCCCCC(=O)NC(CO)C(O)CCCCCCCCCCCCC. The van der Waals surface area contributed by atoms with E-state index in [1.807, 2.05) is 0 Å². The summed E-state index contributed by atoms with van der Waals surface area (Å²) >= 11 is 0. The van der Waals surface area contributed by atoms with E-state index in [0.717, 1.165) is 70.6 Å². The molecule has 0 saturated heterocycles. The Morgan fingerprint density at radius 1 is 0.450 bits per heavy atom. The Hall–Kier alpha value is -1.40. The zero-order valence-corrected chi connectivity index (χ0v) is 40.5. The van der Waals surface area contributed by atoms with E-state index in [4.69, 9.17) is 4.74 Å². The first-order valence-electron chi connectivity index (χ1n) is 26.9. The largest absolute Gasteiger partial charge is 0.466 e. The summed E-state index contributed by atoms with van der Waals surface area (Å²) in [6.45, 7) is 4.92. The summed E-state index contributed by atoms with van der Waals surface area (Å²) in [7, 11) is 0. The fourth-order valence-corrected chi connectivity index (χ4v) is 8.40. The third kappa shape index (κ3) is 46.1. The second-order valence-corrected chi connectivity index (χ2v) is 18.6. The minimum absolute atomic E-state index is 0.00604. The Labute approximate surface area is 374 Å². The third-order valence-corrected chi connectivity index (χ3v) is 12.6. The zero-order valence-electron chi connectivity index (χ0n) is 40.5. The maximum atomic E-state index is 12.4. The topological polar surface area (TPSA) is 95.9 Å². The van der Waals surface area contributed by atoms with Gasteiger partial charge in [-0.25, -0.2) is 0 Å². The monoisotopic (exact) mass is 848 g/mol. The van der Waals surface area contributed by atoms with E-state index in [0.29, 0.717) is 25.9 Å². The molecular formula is C54H105NO5. The molecule has 0 aromatic heterocycles. The summed E-state index contributed by atoms with van der Waals surface area (Å²) in [6.07, 6.45) is 57.6. The summed E-state index contributed by atoms with van der Waals surface area (Å²) in [5, 5.41) is 23.1. The van der Waals surface area contributed by atoms with Crippen LogP contribution in [0.25, 0.3) is 0 Å². The van der Waals surface area contributed by atoms with Crippen LogP contribution in [-0.4, -0.2) is 47.4 Å². The van der Waals surface area contributed by atoms with Gasteiger partial charge in [0.15, 0.2) is 0 Å². The second kappa shape index (κ2) is 50.2. The highest BCUT2D eigenvalue weighted by molar-refractivity contribution is 5.76. The summed E-state index contributed by atoms with van der Waals surface area (Å²) in [4.78, 5) is 24.5. The number of amides is 1. The van der Waals surface area contributed by atoms with E-state index in [2.05, 4.69) is 31.3 Å². The van der Waals surface area contributed by atoms with E-state index < -0.39 is 12.1 Å². The lowest BCUT2D eigenvalue weighted by Crippen LogP contribution is -2.45. The molecule has 0 radical (unpaired) electrons. The number of esters is 1. The van der Waals surface area contributed by atoms with Crippen LogP contribution in [0, 0.1) is 0 Å². The molecule has 1 amide bonds. The molecule has 0 spiro atoms. The standard InChI is InChI=1S/C54H105NO5/c1-3-5-7-9-11-13-15-16-17-18-21-24-28-32-36-40-44-48-54(59)60-49-45-41-37-33-29-25-22-19-20-23-27-31-35-39-43-47-53(58)55-51(50-56)52(57)46-42-38-34-30-26-14-12-10-8-6-4-2/h22,25,51-52,56-57H,3-21,23-24,26-50H2,1-2H3,(H,55,58)/b25-22-. The predicted octanol–water partition coefficient (Wildman–Crippen LogP) is 16.1. The molecule has 3 N–H and O–H groups in total. The number of ether oxygens (including phenoxy) is 1. The quantitative estimate of drug-likeness (QED) is 0.0322. The Balaban J connectivity index is 3.43. The van der Waals surface area contributed by atoms with Crippen molar-refractivity contribution in [2.24, 2.45) is 0 Å². The van der Waals surface area contributed by atoms with Crippen molar-refractivity contribution in [2.45, 2.75) is 309 Å². The third-order valence-electron chi connectivity index (χ3n) is 12.6. The first kappa shape index (κ1) is 58.6. The number of rotatable bonds is 50. The van der Waals surface area contributed by atoms with Crippen LogP contribution in [0.15, 0.2) is 12.2 Å². The van der Waals surface area contributed by atoms with Gasteiger partial charge in [0.1, 0.15) is 0 Å². The molecule has 0 rings (SSSR count). The molecule has 2 atom stereocenters. The van der Waals surface area contributed by atoms with Gasteiger partial charge < -0.3 is 20.3 Å². The van der Waals surface area contributed by atoms with Gasteiger partial charge in [0.05, 0.1) is 25.4 Å². The van der Waals surface area contributed by atoms with Crippen molar-refractivity contribution in [2.75, 3.05) is 13.2 Å². The van der Waals surface area contributed by atoms with E-state index in [-0.39, 0.29) is 18.5 Å². The maximum Gasteiger partial charge on any atom is 0.305 e. The van der Waals surface area contributed by atoms with Crippen LogP contribution >= 0.6 is 0 Å². The van der Waals surface area contributed by atoms with Crippen LogP contribution in [-0.2, 0) is 14.3 Å². The lowest BCUT2D eigenvalue weighted by atomic mass is 10.0. The predicted molar refractivity (Wildman–Crippen MR) is 260 cm³/mol. The number of aliphatic hydroxyl groups excluding tert-OH is 2. The number of unbranched alkanes of at least 4 members (excludes halogenated alkanes) is 37. The molecule has 356 valence electrons. The molecule has 0 saturated carbocycles. The van der Waals surface area contributed by atoms with Crippen molar-refractivity contribution in [3.63, 3.8) is 0 Å². The van der Waals surface area contributed by atoms with Crippen molar-refractivity contribution in [1.29, 1.82) is 0 Å². The Morgan fingerprint density at radius 3 is 1.18 bits per heavy atom. The van der Waals surface area contributed by atoms with Gasteiger partial charge in [0, 0.05) is 12.8 Å². The van der Waals surface area contributed by atoms with Crippen LogP contribution in [0.2, 0.25) is 0 Å². The molecular weight excluding hydrogens is 743 g/mol. The highest BCUT2D eigenvalue weighted by atomic mass is 16.5. The molecule has 0 aromatic carbocycles. The summed E-state index contributed by atoms with van der Waals surface area (Å²) in [5.41, 5.74) is 0. The van der Waals surface area contributed by atoms with Gasteiger partial charge in [-0.3, -0.25) is 9.59 Å². The number of hydrogen-bond acceptors (Lipinski definition) is 5. The number of allylic oxidation sites excluding steroid dienone is 2. The number of nitrogens with one attached hydrogen (secondary N) is 1. The fraction of sp³-hybridized carbons (Fsp3) is 0.926. The molecule has 0 aliphatic carbocycles. The number of carbonyl (C=O) groups is 2. The normalized spacial score (nSPS) is 12.7. The number of hydrogen-bond donors (Lipinski definition) is 3. The molecule has 0 aliphatic rings. The van der Waals surface area contributed by atoms with E-state index in [1.54, 1.807) is 0 Å². The van der Waals surface area contributed by atoms with Gasteiger partial charge in [-0.1, -0.05) is 244 Å². The smallest absolute Gasteiger partial charge is 0.305 e. The highest BCUT2D eigenvalue weighted by Gasteiger charge is 2.20. The fourth-order valence-electron chi connectivity index (χ4n) is 8.40. The van der Waals surface area contributed by atoms with Crippen LogP contribution < -0.4 is 5.32 Å². The van der Waals surface area contributed by atoms with E-state index in [9.17, 15) is 19.8 Å². The molecule has 60 heavy (non-hydrogen) atoms. The maximum absolute atomic E-state index is 12.4. The van der Waals surface area contributed by atoms with Crippen LogP contribution in [0.1, 0.15) is 296 Å². The summed E-state index contributed by atoms with van der Waals surface area (Å²) < 4.78 is 5.47. The van der Waals surface area contributed by atoms with Gasteiger partial charge in [0.25, 0.3) is 0 Å². The van der Waals surface area contributed by atoms with Crippen molar-refractivity contribution < 1.29 is 24.5 Å². The molecule has 0 aromatic rings. The average molecular weight is 848 g/mol. The van der Waals surface area contributed by atoms with Gasteiger partial charge in [-0.15, -0.1) is 0 Å². The Kier molecular flexibility index (Phi) is 49.1. The Morgan fingerprint density at radius 2 is 0.783 bits per heavy atom. The molecule has 0 aliphatic heterocycles. The highest BCUT2D eigenvalue weighted by Crippen LogP contribution is 2.17. The van der Waals surface area contributed by atoms with Gasteiger partial charge in [-0.2, -0.15) is 0 Å². The molecule has 6 nitrogen and oxygen atoms in total. The zero-order chi connectivity index (χ0) is 43.7. The van der Waals surface area contributed by atoms with Crippen LogP contribution in [0.5, 0.6) is 0 Å². The second-order valence-electron chi connectivity index (χ2n) is 18.6. The first-order chi connectivity index (χ1) is 29.5. The molecule has 0 heterocycles. The molecule has 2 unspecified atom stereocenters. The summed E-state index contributed by atoms with van der Waals surface area (Å²) in [6, 6.07) is -0.550. The molecule has 0 fully saturated rings. The minimum atomic E-state index is -0.672. The lowest BCUT2D eigenvalue weighted by Gasteiger charge is -2.22. The summed E-state index contributed by atoms with van der Waals surface area (Å²) in [5.74, 6) is -0.0565.